The Hall–Kier alpha value is -0.870. The number of aliphatic hydroxyl groups is 1. The number of hydrogen-bond acceptors (Lipinski definition) is 3. The van der Waals surface area contributed by atoms with Gasteiger partial charge >= 0.3 is 0 Å². The van der Waals surface area contributed by atoms with Crippen molar-refractivity contribution >= 4 is 17.2 Å². The van der Waals surface area contributed by atoms with Gasteiger partial charge in [-0.1, -0.05) is 0 Å². The van der Waals surface area contributed by atoms with Crippen LogP contribution >= 0.6 is 11.3 Å². The van der Waals surface area contributed by atoms with E-state index in [0.717, 1.165) is 0 Å². The first-order valence-electron chi connectivity index (χ1n) is 5.93. The molecule has 1 aliphatic rings. The molecular weight excluding hydrogens is 234 g/mol. The molecule has 0 spiro atoms. The molecule has 1 aliphatic carbocycles. The van der Waals surface area contributed by atoms with Gasteiger partial charge in [-0.05, 0) is 45.2 Å². The van der Waals surface area contributed by atoms with Gasteiger partial charge in [-0.25, -0.2) is 0 Å². The van der Waals surface area contributed by atoms with E-state index in [1.54, 1.807) is 18.3 Å². The van der Waals surface area contributed by atoms with Crippen LogP contribution in [-0.4, -0.2) is 16.6 Å². The van der Waals surface area contributed by atoms with Gasteiger partial charge in [-0.15, -0.1) is 11.3 Å². The first-order valence-corrected chi connectivity index (χ1v) is 6.75. The maximum atomic E-state index is 11.8. The fourth-order valence-corrected chi connectivity index (χ4v) is 3.24. The van der Waals surface area contributed by atoms with E-state index in [4.69, 9.17) is 0 Å². The molecule has 0 aliphatic heterocycles. The Morgan fingerprint density at radius 2 is 2.24 bits per heavy atom. The van der Waals surface area contributed by atoms with Crippen molar-refractivity contribution in [2.75, 3.05) is 0 Å². The molecule has 1 saturated carbocycles. The lowest BCUT2D eigenvalue weighted by molar-refractivity contribution is -0.139. The minimum Gasteiger partial charge on any atom is -0.390 e. The second kappa shape index (κ2) is 4.42. The van der Waals surface area contributed by atoms with Gasteiger partial charge in [-0.2, -0.15) is 0 Å². The molecule has 1 aromatic rings. The van der Waals surface area contributed by atoms with Crippen LogP contribution in [0.5, 0.6) is 0 Å². The quantitative estimate of drug-likeness (QED) is 0.867. The average Bonchev–Trinajstić information content (AvgIpc) is 2.51. The molecular formula is C13H19NO2S. The number of thiophene rings is 1. The zero-order valence-corrected chi connectivity index (χ0v) is 11.4. The third-order valence-corrected chi connectivity index (χ3v) is 4.55. The predicted molar refractivity (Wildman–Crippen MR) is 69.0 cm³/mol. The summed E-state index contributed by atoms with van der Waals surface area (Å²) in [6, 6.07) is 2.12. The topological polar surface area (TPSA) is 49.3 Å². The second-order valence-electron chi connectivity index (χ2n) is 5.27. The maximum Gasteiger partial charge on any atom is 0.223 e. The number of rotatable bonds is 3. The molecule has 1 aromatic heterocycles. The first kappa shape index (κ1) is 12.6. The monoisotopic (exact) mass is 253 g/mol. The van der Waals surface area contributed by atoms with E-state index in [9.17, 15) is 9.90 Å². The van der Waals surface area contributed by atoms with E-state index in [-0.39, 0.29) is 11.8 Å². The van der Waals surface area contributed by atoms with Gasteiger partial charge < -0.3 is 10.4 Å². The van der Waals surface area contributed by atoms with Crippen molar-refractivity contribution in [1.29, 1.82) is 0 Å². The molecule has 0 unspecified atom stereocenters. The van der Waals surface area contributed by atoms with Gasteiger partial charge in [0.2, 0.25) is 5.91 Å². The highest BCUT2D eigenvalue weighted by Gasteiger charge is 2.42. The van der Waals surface area contributed by atoms with Crippen molar-refractivity contribution in [2.45, 2.75) is 45.8 Å². The van der Waals surface area contributed by atoms with Crippen LogP contribution in [0.2, 0.25) is 0 Å². The van der Waals surface area contributed by atoms with E-state index in [1.807, 2.05) is 0 Å². The van der Waals surface area contributed by atoms with E-state index in [2.05, 4.69) is 25.2 Å². The Labute approximate surface area is 106 Å². The summed E-state index contributed by atoms with van der Waals surface area (Å²) in [5, 5.41) is 12.5. The zero-order valence-electron chi connectivity index (χ0n) is 10.5. The molecule has 17 heavy (non-hydrogen) atoms. The summed E-state index contributed by atoms with van der Waals surface area (Å²) in [5.74, 6) is 0.0624. The van der Waals surface area contributed by atoms with E-state index >= 15 is 0 Å². The molecule has 3 nitrogen and oxygen atoms in total. The molecule has 1 fully saturated rings. The average molecular weight is 253 g/mol. The van der Waals surface area contributed by atoms with Crippen LogP contribution in [0.4, 0.5) is 0 Å². The highest BCUT2D eigenvalue weighted by molar-refractivity contribution is 7.12. The fraction of sp³-hybridized carbons (Fsp3) is 0.615. The van der Waals surface area contributed by atoms with Crippen molar-refractivity contribution in [2.24, 2.45) is 5.92 Å². The van der Waals surface area contributed by atoms with E-state index in [1.165, 1.54) is 15.3 Å². The summed E-state index contributed by atoms with van der Waals surface area (Å²) in [6.07, 6.45) is 1.17. The van der Waals surface area contributed by atoms with Crippen LogP contribution in [0, 0.1) is 19.8 Å². The highest BCUT2D eigenvalue weighted by atomic mass is 32.1. The van der Waals surface area contributed by atoms with Gasteiger partial charge in [0.05, 0.1) is 12.1 Å². The lowest BCUT2D eigenvalue weighted by atomic mass is 9.72. The zero-order chi connectivity index (χ0) is 12.6. The summed E-state index contributed by atoms with van der Waals surface area (Å²) in [6.45, 7) is 6.56. The summed E-state index contributed by atoms with van der Waals surface area (Å²) < 4.78 is 0. The van der Waals surface area contributed by atoms with Crippen LogP contribution < -0.4 is 5.32 Å². The van der Waals surface area contributed by atoms with Crippen LogP contribution in [0.3, 0.4) is 0 Å². The number of nitrogens with one attached hydrogen (secondary N) is 1. The lowest BCUT2D eigenvalue weighted by Gasteiger charge is -2.39. The normalized spacial score (nSPS) is 27.6. The Balaban J connectivity index is 1.81. The molecule has 0 saturated heterocycles. The molecule has 1 amide bonds. The van der Waals surface area contributed by atoms with Crippen molar-refractivity contribution < 1.29 is 9.90 Å². The number of hydrogen-bond donors (Lipinski definition) is 2. The third kappa shape index (κ3) is 2.87. The van der Waals surface area contributed by atoms with Crippen LogP contribution in [0.15, 0.2) is 6.07 Å². The Morgan fingerprint density at radius 3 is 2.71 bits per heavy atom. The molecule has 0 radical (unpaired) electrons. The number of carbonyl (C=O) groups excluding carboxylic acids is 1. The fourth-order valence-electron chi connectivity index (χ4n) is 2.24. The summed E-state index contributed by atoms with van der Waals surface area (Å²) in [5.41, 5.74) is 0.656. The number of amides is 1. The Morgan fingerprint density at radius 1 is 1.59 bits per heavy atom. The van der Waals surface area contributed by atoms with Gasteiger partial charge in [0.25, 0.3) is 0 Å². The minimum atomic E-state index is -0.627. The molecule has 2 rings (SSSR count). The first-order chi connectivity index (χ1) is 7.87. The molecule has 94 valence electrons. The van der Waals surface area contributed by atoms with Gasteiger partial charge in [0.15, 0.2) is 0 Å². The molecule has 0 atom stereocenters. The van der Waals surface area contributed by atoms with Crippen molar-refractivity contribution in [3.05, 3.63) is 21.4 Å². The molecule has 0 bridgehead atoms. The van der Waals surface area contributed by atoms with Crippen molar-refractivity contribution in [3.8, 4) is 0 Å². The second-order valence-corrected chi connectivity index (χ2v) is 6.61. The third-order valence-electron chi connectivity index (χ3n) is 3.40. The minimum absolute atomic E-state index is 0.00726. The van der Waals surface area contributed by atoms with E-state index < -0.39 is 5.60 Å². The Bertz CT molecular complexity index is 409. The van der Waals surface area contributed by atoms with E-state index in [0.29, 0.717) is 19.4 Å². The van der Waals surface area contributed by atoms with Crippen LogP contribution in [0.1, 0.15) is 35.1 Å². The van der Waals surface area contributed by atoms with Crippen LogP contribution in [0.25, 0.3) is 0 Å². The highest BCUT2D eigenvalue weighted by Crippen LogP contribution is 2.37. The van der Waals surface area contributed by atoms with Gasteiger partial charge in [0.1, 0.15) is 0 Å². The lowest BCUT2D eigenvalue weighted by Crippen LogP contribution is -2.48. The predicted octanol–water partition coefficient (Wildman–Crippen LogP) is 2.14. The molecule has 1 heterocycles. The summed E-state index contributed by atoms with van der Waals surface area (Å²) in [4.78, 5) is 14.3. The summed E-state index contributed by atoms with van der Waals surface area (Å²) in [7, 11) is 0. The molecule has 2 N–H and O–H groups in total. The maximum absolute atomic E-state index is 11.8. The smallest absolute Gasteiger partial charge is 0.223 e. The SMILES string of the molecule is Cc1cc(CNC(=O)C2CC(C)(O)C2)sc1C. The number of aryl methyl sites for hydroxylation is 2. The summed E-state index contributed by atoms with van der Waals surface area (Å²) >= 11 is 1.73. The molecule has 4 heteroatoms. The number of carbonyl (C=O) groups is 1. The van der Waals surface area contributed by atoms with Crippen LogP contribution in [-0.2, 0) is 11.3 Å². The van der Waals surface area contributed by atoms with Gasteiger partial charge in [0, 0.05) is 15.7 Å². The van der Waals surface area contributed by atoms with Gasteiger partial charge in [-0.3, -0.25) is 4.79 Å². The largest absolute Gasteiger partial charge is 0.390 e. The van der Waals surface area contributed by atoms with Crippen molar-refractivity contribution in [3.63, 3.8) is 0 Å². The Kier molecular flexibility index (Phi) is 3.27. The van der Waals surface area contributed by atoms with Crippen molar-refractivity contribution in [1.82, 2.24) is 5.32 Å². The molecule has 0 aromatic carbocycles. The standard InChI is InChI=1S/C13H19NO2S/c1-8-4-11(17-9(8)2)7-14-12(15)10-5-13(3,16)6-10/h4,10,16H,5-7H2,1-3H3,(H,14,15).